The van der Waals surface area contributed by atoms with Crippen molar-refractivity contribution in [2.24, 2.45) is 0 Å². The van der Waals surface area contributed by atoms with E-state index in [2.05, 4.69) is 229 Å². The molecule has 4 heterocycles. The predicted octanol–water partition coefficient (Wildman–Crippen LogP) is 19.7. The first-order valence-electron chi connectivity index (χ1n) is 27.0. The quantitative estimate of drug-likeness (QED) is 0.114. The Kier molecular flexibility index (Phi) is 10.8. The van der Waals surface area contributed by atoms with E-state index >= 15 is 0 Å². The number of aromatic nitrogens is 2. The summed E-state index contributed by atoms with van der Waals surface area (Å²) in [5, 5.41) is 9.37. The molecule has 15 aromatic rings. The van der Waals surface area contributed by atoms with Gasteiger partial charge in [0.25, 0.3) is 0 Å². The first-order chi connectivity index (χ1) is 38.5. The second-order valence-electron chi connectivity index (χ2n) is 21.0. The first kappa shape index (κ1) is 45.5. The van der Waals surface area contributed by atoms with Crippen LogP contribution in [-0.2, 0) is 25.7 Å². The Hall–Kier alpha value is -9.90. The van der Waals surface area contributed by atoms with Crippen LogP contribution in [0.25, 0.3) is 121 Å². The molecule has 0 bridgehead atoms. The van der Waals surface area contributed by atoms with Crippen LogP contribution in [0, 0.1) is 0 Å². The number of hydrogen-bond acceptors (Lipinski definition) is 2. The smallest absolute Gasteiger partial charge is 0.135 e. The van der Waals surface area contributed by atoms with Gasteiger partial charge in [-0.3, -0.25) is 0 Å². The zero-order valence-corrected chi connectivity index (χ0v) is 43.0. The van der Waals surface area contributed by atoms with Gasteiger partial charge in [0.05, 0.1) is 22.1 Å². The molecule has 11 aromatic carbocycles. The number of benzene rings is 11. The molecule has 0 aliphatic heterocycles. The van der Waals surface area contributed by atoms with E-state index in [1.807, 2.05) is 36.4 Å². The minimum atomic E-state index is 0.834. The van der Waals surface area contributed by atoms with Crippen LogP contribution in [-0.4, -0.2) is 9.13 Å². The molecule has 0 fully saturated rings. The van der Waals surface area contributed by atoms with Gasteiger partial charge in [0, 0.05) is 54.5 Å². The number of para-hydroxylation sites is 2. The van der Waals surface area contributed by atoms with Gasteiger partial charge in [0.15, 0.2) is 0 Å². The topological polar surface area (TPSA) is 36.1 Å². The fourth-order valence-corrected chi connectivity index (χ4v) is 12.4. The Morgan fingerprint density at radius 2 is 0.641 bits per heavy atom. The number of fused-ring (bicyclic) bond motifs is 12. The highest BCUT2D eigenvalue weighted by molar-refractivity contribution is 6.13. The fraction of sp³-hybridized carbons (Fsp3) is 0.0541. The summed E-state index contributed by atoms with van der Waals surface area (Å²) >= 11 is 0. The molecule has 0 atom stereocenters. The minimum absolute atomic E-state index is 0.834. The van der Waals surface area contributed by atoms with Crippen molar-refractivity contribution in [3.8, 4) is 33.6 Å². The molecular formula is C74H52N2O2. The second kappa shape index (κ2) is 18.4. The number of hydrogen-bond donors (Lipinski definition) is 0. The van der Waals surface area contributed by atoms with E-state index in [0.717, 1.165) is 125 Å². The van der Waals surface area contributed by atoms with E-state index in [9.17, 15) is 0 Å². The van der Waals surface area contributed by atoms with Gasteiger partial charge in [-0.25, -0.2) is 0 Å². The van der Waals surface area contributed by atoms with Crippen molar-refractivity contribution >= 4 is 87.5 Å². The standard InChI is InChI=1S/C74H52N2O2/c1-3-12-47-14-9-16-49(36-47)38-51-24-30-67-61(40-51)63-42-53(55-28-34-73-65(44-55)59-20-5-7-22-71(59)77-73)26-32-69(63)75(67)57-18-11-19-58(46-57)76-68-31-25-52(39-50-17-10-15-48(37-50)13-4-2)41-62(68)64-43-54(27-33-70(64)76)56-29-35-74-66(45-56)60-21-6-8-23-72(60)78-74/h3-11,14-37,40-46H,1-2,12-13,38-39H2. The molecule has 4 heteroatoms. The van der Waals surface area contributed by atoms with Crippen LogP contribution in [0.3, 0.4) is 0 Å². The second-order valence-corrected chi connectivity index (χ2v) is 21.0. The molecule has 0 spiro atoms. The monoisotopic (exact) mass is 1000 g/mol. The molecule has 0 saturated carbocycles. The first-order valence-corrected chi connectivity index (χ1v) is 27.0. The Morgan fingerprint density at radius 3 is 1.10 bits per heavy atom. The molecule has 0 amide bonds. The lowest BCUT2D eigenvalue weighted by Gasteiger charge is -2.13. The number of nitrogens with zero attached hydrogens (tertiary/aromatic N) is 2. The summed E-state index contributed by atoms with van der Waals surface area (Å²) in [5.74, 6) is 0. The fourth-order valence-electron chi connectivity index (χ4n) is 12.4. The van der Waals surface area contributed by atoms with Crippen LogP contribution >= 0.6 is 0 Å². The van der Waals surface area contributed by atoms with Gasteiger partial charge in [-0.15, -0.1) is 13.2 Å². The third-order valence-electron chi connectivity index (χ3n) is 16.0. The van der Waals surface area contributed by atoms with Crippen LogP contribution in [0.1, 0.15) is 33.4 Å². The van der Waals surface area contributed by atoms with E-state index in [0.29, 0.717) is 0 Å². The highest BCUT2D eigenvalue weighted by Gasteiger charge is 2.20. The molecular weight excluding hydrogens is 949 g/mol. The molecule has 78 heavy (non-hydrogen) atoms. The van der Waals surface area contributed by atoms with Crippen molar-refractivity contribution < 1.29 is 8.83 Å². The van der Waals surface area contributed by atoms with Gasteiger partial charge < -0.3 is 18.0 Å². The Labute approximate surface area is 451 Å². The van der Waals surface area contributed by atoms with Crippen LogP contribution in [0.5, 0.6) is 0 Å². The van der Waals surface area contributed by atoms with Crippen LogP contribution in [0.15, 0.2) is 265 Å². The maximum absolute atomic E-state index is 6.26. The normalized spacial score (nSPS) is 11.9. The molecule has 0 aliphatic rings. The summed E-state index contributed by atoms with van der Waals surface area (Å²) in [6.45, 7) is 7.99. The summed E-state index contributed by atoms with van der Waals surface area (Å²) in [4.78, 5) is 0. The Bertz CT molecular complexity index is 4610. The molecule has 370 valence electrons. The van der Waals surface area contributed by atoms with Gasteiger partial charge >= 0.3 is 0 Å². The van der Waals surface area contributed by atoms with E-state index in [-0.39, 0.29) is 0 Å². The van der Waals surface area contributed by atoms with Crippen LogP contribution in [0.4, 0.5) is 0 Å². The SMILES string of the molecule is C=CCc1cccc(Cc2ccc3c(c2)c2cc(-c4ccc5oc6ccccc6c5c4)ccc2n3-c2cccc(-n3c4ccc(Cc5cccc(CC=C)c5)cc4c4cc(-c5ccc6oc7ccccc7c6c5)ccc43)c2)c1. The van der Waals surface area contributed by atoms with Gasteiger partial charge in [-0.05, 0) is 184 Å². The van der Waals surface area contributed by atoms with E-state index in [1.54, 1.807) is 0 Å². The molecule has 0 saturated heterocycles. The lowest BCUT2D eigenvalue weighted by molar-refractivity contribution is 0.668. The van der Waals surface area contributed by atoms with Crippen molar-refractivity contribution in [3.63, 3.8) is 0 Å². The number of allylic oxidation sites excluding steroid dienone is 2. The lowest BCUT2D eigenvalue weighted by atomic mass is 9.98. The van der Waals surface area contributed by atoms with Gasteiger partial charge in [-0.2, -0.15) is 0 Å². The Morgan fingerprint density at radius 1 is 0.282 bits per heavy atom. The zero-order valence-electron chi connectivity index (χ0n) is 43.0. The highest BCUT2D eigenvalue weighted by atomic mass is 16.3. The highest BCUT2D eigenvalue weighted by Crippen LogP contribution is 2.41. The largest absolute Gasteiger partial charge is 0.456 e. The molecule has 0 radical (unpaired) electrons. The van der Waals surface area contributed by atoms with Crippen LogP contribution in [0.2, 0.25) is 0 Å². The molecule has 4 aromatic heterocycles. The van der Waals surface area contributed by atoms with Gasteiger partial charge in [-0.1, -0.05) is 140 Å². The lowest BCUT2D eigenvalue weighted by Crippen LogP contribution is -1.99. The van der Waals surface area contributed by atoms with Crippen LogP contribution < -0.4 is 0 Å². The summed E-state index contributed by atoms with van der Waals surface area (Å²) in [5.41, 5.74) is 22.8. The van der Waals surface area contributed by atoms with E-state index in [4.69, 9.17) is 8.83 Å². The van der Waals surface area contributed by atoms with E-state index < -0.39 is 0 Å². The van der Waals surface area contributed by atoms with Crippen molar-refractivity contribution in [3.05, 3.63) is 289 Å². The summed E-state index contributed by atoms with van der Waals surface area (Å²) in [6, 6.07) is 84.8. The Balaban J connectivity index is 0.891. The number of furan rings is 2. The molecule has 15 rings (SSSR count). The number of rotatable bonds is 12. The van der Waals surface area contributed by atoms with E-state index in [1.165, 1.54) is 54.9 Å². The average Bonchev–Trinajstić information content (AvgIpc) is 4.34. The van der Waals surface area contributed by atoms with Crippen molar-refractivity contribution in [2.45, 2.75) is 25.7 Å². The summed E-state index contributed by atoms with van der Waals surface area (Å²) in [7, 11) is 0. The summed E-state index contributed by atoms with van der Waals surface area (Å²) in [6.07, 6.45) is 7.33. The third-order valence-corrected chi connectivity index (χ3v) is 16.0. The minimum Gasteiger partial charge on any atom is -0.456 e. The average molecular weight is 1000 g/mol. The van der Waals surface area contributed by atoms with Crippen molar-refractivity contribution in [1.29, 1.82) is 0 Å². The third kappa shape index (κ3) is 7.75. The summed E-state index contributed by atoms with van der Waals surface area (Å²) < 4.78 is 17.4. The molecule has 0 aliphatic carbocycles. The maximum Gasteiger partial charge on any atom is 0.135 e. The molecule has 0 unspecified atom stereocenters. The molecule has 4 nitrogen and oxygen atoms in total. The molecule has 0 N–H and O–H groups in total. The van der Waals surface area contributed by atoms with Gasteiger partial charge in [0.2, 0.25) is 0 Å². The predicted molar refractivity (Wildman–Crippen MR) is 327 cm³/mol. The van der Waals surface area contributed by atoms with Gasteiger partial charge in [0.1, 0.15) is 22.3 Å². The van der Waals surface area contributed by atoms with Crippen molar-refractivity contribution in [1.82, 2.24) is 9.13 Å². The van der Waals surface area contributed by atoms with Crippen molar-refractivity contribution in [2.75, 3.05) is 0 Å². The maximum atomic E-state index is 6.26. The zero-order chi connectivity index (χ0) is 51.8.